The van der Waals surface area contributed by atoms with Gasteiger partial charge in [0.1, 0.15) is 11.6 Å². The molecule has 2 aromatic rings. The molecule has 1 atom stereocenters. The summed E-state index contributed by atoms with van der Waals surface area (Å²) in [4.78, 5) is 1.93. The van der Waals surface area contributed by atoms with Gasteiger partial charge in [-0.1, -0.05) is 29.8 Å². The minimum absolute atomic E-state index is 0.225. The first-order valence-electron chi connectivity index (χ1n) is 6.92. The summed E-state index contributed by atoms with van der Waals surface area (Å²) in [7, 11) is 1.86. The van der Waals surface area contributed by atoms with Crippen LogP contribution in [0.3, 0.4) is 0 Å². The molecule has 21 heavy (non-hydrogen) atoms. The zero-order valence-corrected chi connectivity index (χ0v) is 12.3. The predicted octanol–water partition coefficient (Wildman–Crippen LogP) is 3.41. The average Bonchev–Trinajstić information content (AvgIpc) is 2.46. The van der Waals surface area contributed by atoms with Crippen molar-refractivity contribution in [3.8, 4) is 0 Å². The Morgan fingerprint density at radius 3 is 2.38 bits per heavy atom. The van der Waals surface area contributed by atoms with Gasteiger partial charge in [-0.05, 0) is 37.7 Å². The van der Waals surface area contributed by atoms with Crippen molar-refractivity contribution in [1.29, 1.82) is 0 Å². The van der Waals surface area contributed by atoms with Crippen LogP contribution in [0.1, 0.15) is 22.7 Å². The van der Waals surface area contributed by atoms with Gasteiger partial charge >= 0.3 is 0 Å². The van der Waals surface area contributed by atoms with Gasteiger partial charge < -0.3 is 5.73 Å². The topological polar surface area (TPSA) is 29.3 Å². The molecular formula is C17H20F2N2. The van der Waals surface area contributed by atoms with Crippen molar-refractivity contribution in [3.05, 3.63) is 70.8 Å². The molecule has 0 bridgehead atoms. The number of rotatable bonds is 5. The molecule has 2 aromatic carbocycles. The fourth-order valence-electron chi connectivity index (χ4n) is 2.41. The van der Waals surface area contributed by atoms with Crippen molar-refractivity contribution in [2.24, 2.45) is 5.73 Å². The van der Waals surface area contributed by atoms with Gasteiger partial charge in [-0.2, -0.15) is 0 Å². The molecule has 1 unspecified atom stereocenters. The Labute approximate surface area is 124 Å². The third-order valence-electron chi connectivity index (χ3n) is 3.62. The lowest BCUT2D eigenvalue weighted by Crippen LogP contribution is -2.31. The highest BCUT2D eigenvalue weighted by Gasteiger charge is 2.20. The summed E-state index contributed by atoms with van der Waals surface area (Å²) in [6.45, 7) is 2.87. The SMILES string of the molecule is Cc1ccc(CN(C)C(CN)c2cc(F)ccc2F)cc1. The van der Waals surface area contributed by atoms with E-state index in [2.05, 4.69) is 0 Å². The van der Waals surface area contributed by atoms with Crippen molar-refractivity contribution in [2.45, 2.75) is 19.5 Å². The molecule has 0 radical (unpaired) electrons. The first-order chi connectivity index (χ1) is 10.0. The Morgan fingerprint density at radius 1 is 1.10 bits per heavy atom. The van der Waals surface area contributed by atoms with E-state index >= 15 is 0 Å². The standard InChI is InChI=1S/C17H20F2N2/c1-12-3-5-13(6-4-12)11-21(2)17(10-20)15-9-14(18)7-8-16(15)19/h3-9,17H,10-11,20H2,1-2H3. The monoisotopic (exact) mass is 290 g/mol. The number of benzene rings is 2. The largest absolute Gasteiger partial charge is 0.329 e. The maximum atomic E-state index is 13.9. The van der Waals surface area contributed by atoms with Crippen molar-refractivity contribution < 1.29 is 8.78 Å². The maximum Gasteiger partial charge on any atom is 0.128 e. The molecule has 0 fully saturated rings. The van der Waals surface area contributed by atoms with Crippen LogP contribution in [0.4, 0.5) is 8.78 Å². The molecule has 0 saturated heterocycles. The first-order valence-corrected chi connectivity index (χ1v) is 6.92. The van der Waals surface area contributed by atoms with Crippen LogP contribution >= 0.6 is 0 Å². The quantitative estimate of drug-likeness (QED) is 0.914. The fourth-order valence-corrected chi connectivity index (χ4v) is 2.41. The number of likely N-dealkylation sites (N-methyl/N-ethyl adjacent to an activating group) is 1. The first kappa shape index (κ1) is 15.6. The molecule has 112 valence electrons. The van der Waals surface area contributed by atoms with Crippen LogP contribution in [0.25, 0.3) is 0 Å². The van der Waals surface area contributed by atoms with Crippen LogP contribution in [0.15, 0.2) is 42.5 Å². The Hall–Kier alpha value is -1.78. The van der Waals surface area contributed by atoms with E-state index in [9.17, 15) is 8.78 Å². The minimum atomic E-state index is -0.450. The highest BCUT2D eigenvalue weighted by atomic mass is 19.1. The number of nitrogens with two attached hydrogens (primary N) is 1. The molecule has 0 aromatic heterocycles. The van der Waals surface area contributed by atoms with Crippen LogP contribution < -0.4 is 5.73 Å². The molecule has 2 N–H and O–H groups in total. The van der Waals surface area contributed by atoms with Crippen molar-refractivity contribution in [2.75, 3.05) is 13.6 Å². The van der Waals surface area contributed by atoms with E-state index in [-0.39, 0.29) is 12.6 Å². The molecule has 0 spiro atoms. The predicted molar refractivity (Wildman–Crippen MR) is 80.8 cm³/mol. The Bertz CT molecular complexity index is 596. The smallest absolute Gasteiger partial charge is 0.128 e. The van der Waals surface area contributed by atoms with Crippen LogP contribution in [-0.4, -0.2) is 18.5 Å². The van der Waals surface area contributed by atoms with Gasteiger partial charge in [0, 0.05) is 18.7 Å². The lowest BCUT2D eigenvalue weighted by molar-refractivity contribution is 0.236. The zero-order valence-electron chi connectivity index (χ0n) is 12.3. The summed E-state index contributed by atoms with van der Waals surface area (Å²) in [5, 5.41) is 0. The summed E-state index contributed by atoms with van der Waals surface area (Å²) < 4.78 is 27.3. The second-order valence-corrected chi connectivity index (χ2v) is 5.32. The van der Waals surface area contributed by atoms with E-state index in [0.717, 1.165) is 17.7 Å². The number of halogens is 2. The highest BCUT2D eigenvalue weighted by Crippen LogP contribution is 2.24. The van der Waals surface area contributed by atoms with Gasteiger partial charge in [0.25, 0.3) is 0 Å². The highest BCUT2D eigenvalue weighted by molar-refractivity contribution is 5.24. The van der Waals surface area contributed by atoms with Crippen LogP contribution in [0.5, 0.6) is 0 Å². The van der Waals surface area contributed by atoms with Gasteiger partial charge in [0.05, 0.1) is 6.04 Å². The second-order valence-electron chi connectivity index (χ2n) is 5.32. The Kier molecular flexibility index (Phi) is 5.04. The van der Waals surface area contributed by atoms with E-state index in [4.69, 9.17) is 5.73 Å². The van der Waals surface area contributed by atoms with E-state index in [0.29, 0.717) is 12.1 Å². The number of hydrogen-bond donors (Lipinski definition) is 1. The molecule has 0 aliphatic carbocycles. The number of aryl methyl sites for hydroxylation is 1. The summed E-state index contributed by atoms with van der Waals surface area (Å²) in [5.74, 6) is -0.879. The van der Waals surface area contributed by atoms with Crippen LogP contribution in [-0.2, 0) is 6.54 Å². The van der Waals surface area contributed by atoms with Crippen LogP contribution in [0, 0.1) is 18.6 Å². The normalized spacial score (nSPS) is 12.7. The third-order valence-corrected chi connectivity index (χ3v) is 3.62. The van der Waals surface area contributed by atoms with Crippen LogP contribution in [0.2, 0.25) is 0 Å². The molecule has 2 nitrogen and oxygen atoms in total. The molecule has 0 heterocycles. The maximum absolute atomic E-state index is 13.9. The number of nitrogens with zero attached hydrogens (tertiary/aromatic N) is 1. The number of hydrogen-bond acceptors (Lipinski definition) is 2. The third kappa shape index (κ3) is 3.86. The molecule has 4 heteroatoms. The summed E-state index contributed by atoms with van der Waals surface area (Å²) in [6, 6.07) is 11.2. The average molecular weight is 290 g/mol. The lowest BCUT2D eigenvalue weighted by Gasteiger charge is -2.27. The van der Waals surface area contributed by atoms with E-state index < -0.39 is 11.6 Å². The summed E-state index contributed by atoms with van der Waals surface area (Å²) in [6.07, 6.45) is 0. The van der Waals surface area contributed by atoms with Crippen molar-refractivity contribution in [3.63, 3.8) is 0 Å². The van der Waals surface area contributed by atoms with Crippen molar-refractivity contribution in [1.82, 2.24) is 4.90 Å². The fraction of sp³-hybridized carbons (Fsp3) is 0.294. The van der Waals surface area contributed by atoms with Gasteiger partial charge in [0.15, 0.2) is 0 Å². The minimum Gasteiger partial charge on any atom is -0.329 e. The van der Waals surface area contributed by atoms with Gasteiger partial charge in [-0.25, -0.2) is 8.78 Å². The Morgan fingerprint density at radius 2 is 1.76 bits per heavy atom. The van der Waals surface area contributed by atoms with E-state index in [1.165, 1.54) is 11.6 Å². The van der Waals surface area contributed by atoms with Gasteiger partial charge in [-0.3, -0.25) is 4.90 Å². The van der Waals surface area contributed by atoms with E-state index in [1.807, 2.05) is 43.1 Å². The summed E-state index contributed by atoms with van der Waals surface area (Å²) >= 11 is 0. The molecule has 0 amide bonds. The van der Waals surface area contributed by atoms with Gasteiger partial charge in [0.2, 0.25) is 0 Å². The Balaban J connectivity index is 2.20. The molecule has 2 rings (SSSR count). The second kappa shape index (κ2) is 6.78. The van der Waals surface area contributed by atoms with Gasteiger partial charge in [-0.15, -0.1) is 0 Å². The lowest BCUT2D eigenvalue weighted by atomic mass is 10.0. The molecule has 0 aliphatic heterocycles. The molecule has 0 aliphatic rings. The molecular weight excluding hydrogens is 270 g/mol. The van der Waals surface area contributed by atoms with Crippen molar-refractivity contribution >= 4 is 0 Å². The van der Waals surface area contributed by atoms with E-state index in [1.54, 1.807) is 0 Å². The summed E-state index contributed by atoms with van der Waals surface area (Å²) in [5.41, 5.74) is 8.37. The zero-order chi connectivity index (χ0) is 15.4. The molecule has 0 saturated carbocycles.